The van der Waals surface area contributed by atoms with Gasteiger partial charge in [0.25, 0.3) is 0 Å². The Morgan fingerprint density at radius 2 is 1.89 bits per heavy atom. The van der Waals surface area contributed by atoms with E-state index in [4.69, 9.17) is 10.6 Å². The zero-order valence-electron chi connectivity index (χ0n) is 13.0. The van der Waals surface area contributed by atoms with E-state index >= 15 is 0 Å². The van der Waals surface area contributed by atoms with Crippen LogP contribution < -0.4 is 11.3 Å². The monoisotopic (exact) mass is 266 g/mol. The Morgan fingerprint density at radius 3 is 2.37 bits per heavy atom. The minimum absolute atomic E-state index is 0.0482. The van der Waals surface area contributed by atoms with Crippen molar-refractivity contribution in [1.29, 1.82) is 0 Å². The maximum Gasteiger partial charge on any atom is 0.0775 e. The Kier molecular flexibility index (Phi) is 6.85. The molecule has 1 saturated carbocycles. The highest BCUT2D eigenvalue weighted by Crippen LogP contribution is 2.29. The van der Waals surface area contributed by atoms with Gasteiger partial charge in [0.1, 0.15) is 0 Å². The third-order valence-corrected chi connectivity index (χ3v) is 3.78. The molecular formula is C16H30N2O. The van der Waals surface area contributed by atoms with Crippen LogP contribution in [0.5, 0.6) is 0 Å². The molecule has 2 unspecified atom stereocenters. The summed E-state index contributed by atoms with van der Waals surface area (Å²) in [6, 6.07) is 0.128. The van der Waals surface area contributed by atoms with Crippen molar-refractivity contribution in [1.82, 2.24) is 5.43 Å². The van der Waals surface area contributed by atoms with Crippen LogP contribution in [0.2, 0.25) is 0 Å². The molecule has 0 aromatic carbocycles. The van der Waals surface area contributed by atoms with Crippen LogP contribution in [0, 0.1) is 23.2 Å². The first kappa shape index (κ1) is 16.5. The number of hydrogen-bond acceptors (Lipinski definition) is 3. The van der Waals surface area contributed by atoms with E-state index in [9.17, 15) is 0 Å². The van der Waals surface area contributed by atoms with Crippen LogP contribution in [0.25, 0.3) is 0 Å². The molecule has 0 spiro atoms. The van der Waals surface area contributed by atoms with E-state index in [0.29, 0.717) is 5.92 Å². The molecule has 0 aromatic rings. The third-order valence-electron chi connectivity index (χ3n) is 3.78. The molecule has 0 radical (unpaired) electrons. The molecule has 1 aliphatic rings. The predicted octanol–water partition coefficient (Wildman–Crippen LogP) is 2.85. The summed E-state index contributed by atoms with van der Waals surface area (Å²) in [5, 5.41) is 0. The predicted molar refractivity (Wildman–Crippen MR) is 80.3 cm³/mol. The smallest absolute Gasteiger partial charge is 0.0775 e. The molecule has 110 valence electrons. The molecule has 3 heteroatoms. The number of methoxy groups -OCH3 is 1. The average molecular weight is 266 g/mol. The number of hydrogen-bond donors (Lipinski definition) is 2. The lowest BCUT2D eigenvalue weighted by Crippen LogP contribution is -2.48. The lowest BCUT2D eigenvalue weighted by molar-refractivity contribution is 0.00943. The van der Waals surface area contributed by atoms with Crippen molar-refractivity contribution in [3.8, 4) is 11.8 Å². The minimum Gasteiger partial charge on any atom is -0.379 e. The number of nitrogens with one attached hydrogen (secondary N) is 1. The van der Waals surface area contributed by atoms with E-state index in [-0.39, 0.29) is 17.6 Å². The SMILES string of the molecule is COC(C1CCCCC1)C(CC#CC(C)(C)C)NN. The van der Waals surface area contributed by atoms with E-state index < -0.39 is 0 Å². The first-order valence-corrected chi connectivity index (χ1v) is 7.47. The average Bonchev–Trinajstić information content (AvgIpc) is 2.37. The molecule has 0 saturated heterocycles. The molecule has 3 N–H and O–H groups in total. The highest BCUT2D eigenvalue weighted by Gasteiger charge is 2.29. The third kappa shape index (κ3) is 5.95. The zero-order chi connectivity index (χ0) is 14.3. The summed E-state index contributed by atoms with van der Waals surface area (Å²) in [7, 11) is 1.79. The van der Waals surface area contributed by atoms with Crippen LogP contribution in [-0.4, -0.2) is 19.3 Å². The lowest BCUT2D eigenvalue weighted by Gasteiger charge is -2.33. The molecule has 0 heterocycles. The molecule has 1 aliphatic carbocycles. The van der Waals surface area contributed by atoms with Crippen LogP contribution in [0.15, 0.2) is 0 Å². The summed E-state index contributed by atoms with van der Waals surface area (Å²) in [4.78, 5) is 0. The standard InChI is InChI=1S/C16H30N2O/c1-16(2,3)12-8-11-14(18-17)15(19-4)13-9-6-5-7-10-13/h13-15,18H,5-7,9-11,17H2,1-4H3. The van der Waals surface area contributed by atoms with Crippen LogP contribution in [0.3, 0.4) is 0 Å². The molecular weight excluding hydrogens is 236 g/mol. The fraction of sp³-hybridized carbons (Fsp3) is 0.875. The highest BCUT2D eigenvalue weighted by atomic mass is 16.5. The molecule has 0 aliphatic heterocycles. The molecule has 0 amide bonds. The van der Waals surface area contributed by atoms with Gasteiger partial charge in [-0.05, 0) is 39.5 Å². The Labute approximate surface area is 118 Å². The van der Waals surface area contributed by atoms with E-state index in [2.05, 4.69) is 38.0 Å². The largest absolute Gasteiger partial charge is 0.379 e. The van der Waals surface area contributed by atoms with Gasteiger partial charge in [-0.15, -0.1) is 5.92 Å². The van der Waals surface area contributed by atoms with Gasteiger partial charge < -0.3 is 4.74 Å². The van der Waals surface area contributed by atoms with Gasteiger partial charge in [-0.25, -0.2) is 0 Å². The molecule has 2 atom stereocenters. The fourth-order valence-corrected chi connectivity index (χ4v) is 2.84. The lowest BCUT2D eigenvalue weighted by atomic mass is 9.82. The van der Waals surface area contributed by atoms with E-state index in [1.165, 1.54) is 32.1 Å². The molecule has 3 nitrogen and oxygen atoms in total. The van der Waals surface area contributed by atoms with Crippen LogP contribution in [0.1, 0.15) is 59.3 Å². The van der Waals surface area contributed by atoms with Crippen molar-refractivity contribution in [2.45, 2.75) is 71.4 Å². The second-order valence-corrected chi connectivity index (χ2v) is 6.63. The minimum atomic E-state index is 0.0482. The number of nitrogens with two attached hydrogens (primary N) is 1. The summed E-state index contributed by atoms with van der Waals surface area (Å²) >= 11 is 0. The van der Waals surface area contributed by atoms with Gasteiger partial charge in [-0.1, -0.05) is 25.2 Å². The second-order valence-electron chi connectivity index (χ2n) is 6.63. The Morgan fingerprint density at radius 1 is 1.26 bits per heavy atom. The van der Waals surface area contributed by atoms with Crippen LogP contribution in [0.4, 0.5) is 0 Å². The Bertz CT molecular complexity index is 305. The number of ether oxygens (including phenoxy) is 1. The molecule has 1 rings (SSSR count). The van der Waals surface area contributed by atoms with Gasteiger partial charge in [-0.3, -0.25) is 11.3 Å². The highest BCUT2D eigenvalue weighted by molar-refractivity contribution is 5.09. The number of rotatable bonds is 5. The van der Waals surface area contributed by atoms with Gasteiger partial charge in [0.05, 0.1) is 12.1 Å². The van der Waals surface area contributed by atoms with Crippen molar-refractivity contribution in [2.24, 2.45) is 17.2 Å². The molecule has 0 aromatic heterocycles. The molecule has 0 bridgehead atoms. The summed E-state index contributed by atoms with van der Waals surface area (Å²) in [6.45, 7) is 6.37. The van der Waals surface area contributed by atoms with E-state index in [1.54, 1.807) is 7.11 Å². The second kappa shape index (κ2) is 7.89. The van der Waals surface area contributed by atoms with Crippen molar-refractivity contribution in [3.05, 3.63) is 0 Å². The number of hydrazine groups is 1. The first-order chi connectivity index (χ1) is 8.98. The maximum absolute atomic E-state index is 5.72. The maximum atomic E-state index is 5.72. The van der Waals surface area contributed by atoms with Crippen LogP contribution in [-0.2, 0) is 4.74 Å². The van der Waals surface area contributed by atoms with Crippen molar-refractivity contribution in [3.63, 3.8) is 0 Å². The summed E-state index contributed by atoms with van der Waals surface area (Å²) in [6.07, 6.45) is 7.43. The first-order valence-electron chi connectivity index (χ1n) is 7.47. The molecule has 1 fully saturated rings. The fourth-order valence-electron chi connectivity index (χ4n) is 2.84. The van der Waals surface area contributed by atoms with Gasteiger partial charge >= 0.3 is 0 Å². The van der Waals surface area contributed by atoms with E-state index in [1.807, 2.05) is 0 Å². The van der Waals surface area contributed by atoms with Crippen molar-refractivity contribution < 1.29 is 4.74 Å². The van der Waals surface area contributed by atoms with E-state index in [0.717, 1.165) is 6.42 Å². The van der Waals surface area contributed by atoms with Gasteiger partial charge in [0, 0.05) is 18.9 Å². The summed E-state index contributed by atoms with van der Waals surface area (Å²) in [5.41, 5.74) is 2.96. The summed E-state index contributed by atoms with van der Waals surface area (Å²) in [5.74, 6) is 12.9. The van der Waals surface area contributed by atoms with Crippen molar-refractivity contribution in [2.75, 3.05) is 7.11 Å². The Balaban J connectivity index is 2.61. The van der Waals surface area contributed by atoms with Crippen LogP contribution >= 0.6 is 0 Å². The van der Waals surface area contributed by atoms with Gasteiger partial charge in [0.15, 0.2) is 0 Å². The summed E-state index contributed by atoms with van der Waals surface area (Å²) < 4.78 is 5.72. The topological polar surface area (TPSA) is 47.3 Å². The van der Waals surface area contributed by atoms with Crippen molar-refractivity contribution >= 4 is 0 Å². The molecule has 19 heavy (non-hydrogen) atoms. The quantitative estimate of drug-likeness (QED) is 0.457. The Hall–Kier alpha value is -0.560. The van der Waals surface area contributed by atoms with Gasteiger partial charge in [0.2, 0.25) is 0 Å². The van der Waals surface area contributed by atoms with Gasteiger partial charge in [-0.2, -0.15) is 0 Å². The zero-order valence-corrected chi connectivity index (χ0v) is 13.0. The normalized spacial score (nSPS) is 20.5.